The predicted octanol–water partition coefficient (Wildman–Crippen LogP) is 5.88. The standard InChI is InChI=1S/C25H32N2O3.ClH/c1-15-10-12-27(13-11-15)21(22-9-7-17(3)29-22)14-26-25(28)24-19(5)20-8-6-16(2)18(4)23(20)30-24;/h6-9,15,21H,10-14H2,1-5H3,(H,26,28);1H. The summed E-state index contributed by atoms with van der Waals surface area (Å²) in [5.41, 5.74) is 3.94. The molecule has 1 unspecified atom stereocenters. The summed E-state index contributed by atoms with van der Waals surface area (Å²) in [7, 11) is 0. The number of benzene rings is 1. The van der Waals surface area contributed by atoms with Crippen LogP contribution in [0.25, 0.3) is 11.0 Å². The molecule has 1 N–H and O–H groups in total. The van der Waals surface area contributed by atoms with Crippen molar-refractivity contribution in [3.05, 3.63) is 58.2 Å². The van der Waals surface area contributed by atoms with Crippen molar-refractivity contribution < 1.29 is 13.6 Å². The minimum atomic E-state index is -0.167. The van der Waals surface area contributed by atoms with Crippen molar-refractivity contribution in [3.63, 3.8) is 0 Å². The smallest absolute Gasteiger partial charge is 0.287 e. The number of fused-ring (bicyclic) bond motifs is 1. The number of aryl methyl sites for hydroxylation is 4. The first-order valence-corrected chi connectivity index (χ1v) is 10.9. The summed E-state index contributed by atoms with van der Waals surface area (Å²) >= 11 is 0. The van der Waals surface area contributed by atoms with E-state index < -0.39 is 0 Å². The Kier molecular flexibility index (Phi) is 7.17. The number of piperidine rings is 1. The minimum absolute atomic E-state index is 0. The maximum absolute atomic E-state index is 13.1. The van der Waals surface area contributed by atoms with Crippen LogP contribution in [0.1, 0.15) is 64.6 Å². The van der Waals surface area contributed by atoms with E-state index in [2.05, 4.69) is 30.1 Å². The molecule has 0 radical (unpaired) electrons. The monoisotopic (exact) mass is 444 g/mol. The van der Waals surface area contributed by atoms with Crippen molar-refractivity contribution in [3.8, 4) is 0 Å². The molecule has 4 rings (SSSR count). The van der Waals surface area contributed by atoms with Crippen LogP contribution in [0.2, 0.25) is 0 Å². The van der Waals surface area contributed by atoms with Gasteiger partial charge in [0.2, 0.25) is 0 Å². The number of likely N-dealkylation sites (tertiary alicyclic amines) is 1. The van der Waals surface area contributed by atoms with Gasteiger partial charge in [-0.25, -0.2) is 0 Å². The molecule has 0 spiro atoms. The van der Waals surface area contributed by atoms with E-state index in [9.17, 15) is 4.79 Å². The highest BCUT2D eigenvalue weighted by molar-refractivity contribution is 5.99. The Morgan fingerprint density at radius 1 is 1.06 bits per heavy atom. The molecule has 1 atom stereocenters. The number of hydrogen-bond acceptors (Lipinski definition) is 4. The molecule has 1 amide bonds. The van der Waals surface area contributed by atoms with Crippen molar-refractivity contribution in [1.29, 1.82) is 0 Å². The van der Waals surface area contributed by atoms with Crippen molar-refractivity contribution in [1.82, 2.24) is 10.2 Å². The van der Waals surface area contributed by atoms with E-state index in [1.807, 2.05) is 39.0 Å². The van der Waals surface area contributed by atoms with E-state index in [1.165, 1.54) is 12.8 Å². The van der Waals surface area contributed by atoms with Crippen LogP contribution in [0, 0.1) is 33.6 Å². The summed E-state index contributed by atoms with van der Waals surface area (Å²) in [6.07, 6.45) is 2.34. The highest BCUT2D eigenvalue weighted by Crippen LogP contribution is 2.30. The van der Waals surface area contributed by atoms with Crippen LogP contribution < -0.4 is 5.32 Å². The van der Waals surface area contributed by atoms with Crippen molar-refractivity contribution in [2.75, 3.05) is 19.6 Å². The van der Waals surface area contributed by atoms with Crippen molar-refractivity contribution in [2.24, 2.45) is 5.92 Å². The summed E-state index contributed by atoms with van der Waals surface area (Å²) < 4.78 is 12.0. The number of halogens is 1. The van der Waals surface area contributed by atoms with Gasteiger partial charge in [0.05, 0.1) is 6.04 Å². The number of furan rings is 2. The molecule has 1 fully saturated rings. The first-order chi connectivity index (χ1) is 14.3. The van der Waals surface area contributed by atoms with Gasteiger partial charge >= 0.3 is 0 Å². The van der Waals surface area contributed by atoms with Gasteiger partial charge in [0.15, 0.2) is 5.76 Å². The molecule has 1 aliphatic heterocycles. The first-order valence-electron chi connectivity index (χ1n) is 10.9. The van der Waals surface area contributed by atoms with Crippen LogP contribution in [0.3, 0.4) is 0 Å². The van der Waals surface area contributed by atoms with Gasteiger partial charge in [-0.15, -0.1) is 12.4 Å². The van der Waals surface area contributed by atoms with Gasteiger partial charge < -0.3 is 14.2 Å². The van der Waals surface area contributed by atoms with E-state index in [-0.39, 0.29) is 24.4 Å². The lowest BCUT2D eigenvalue weighted by Gasteiger charge is -2.35. The number of nitrogens with one attached hydrogen (secondary N) is 1. The molecule has 1 saturated heterocycles. The highest BCUT2D eigenvalue weighted by atomic mass is 35.5. The number of hydrogen-bond donors (Lipinski definition) is 1. The average Bonchev–Trinajstić information content (AvgIpc) is 3.30. The van der Waals surface area contributed by atoms with E-state index >= 15 is 0 Å². The van der Waals surface area contributed by atoms with Gasteiger partial charge in [0.25, 0.3) is 5.91 Å². The Hall–Kier alpha value is -2.24. The lowest BCUT2D eigenvalue weighted by molar-refractivity contribution is 0.0871. The van der Waals surface area contributed by atoms with E-state index in [0.29, 0.717) is 12.3 Å². The Labute approximate surface area is 190 Å². The zero-order chi connectivity index (χ0) is 21.4. The Morgan fingerprint density at radius 3 is 2.42 bits per heavy atom. The summed E-state index contributed by atoms with van der Waals surface area (Å²) in [6, 6.07) is 8.17. The molecule has 0 saturated carbocycles. The van der Waals surface area contributed by atoms with Crippen molar-refractivity contribution >= 4 is 29.3 Å². The second-order valence-corrected chi connectivity index (χ2v) is 8.83. The Morgan fingerprint density at radius 2 is 1.77 bits per heavy atom. The van der Waals surface area contributed by atoms with Crippen LogP contribution in [-0.2, 0) is 0 Å². The molecule has 1 aromatic carbocycles. The molecule has 3 aromatic rings. The van der Waals surface area contributed by atoms with Gasteiger partial charge in [-0.2, -0.15) is 0 Å². The maximum atomic E-state index is 13.1. The molecule has 0 aliphatic carbocycles. The molecular weight excluding hydrogens is 412 g/mol. The molecular formula is C25H33ClN2O3. The summed E-state index contributed by atoms with van der Waals surface area (Å²) in [5.74, 6) is 2.79. The number of rotatable bonds is 5. The third kappa shape index (κ3) is 4.68. The molecule has 6 heteroatoms. The molecule has 5 nitrogen and oxygen atoms in total. The van der Waals surface area contributed by atoms with Gasteiger partial charge in [-0.05, 0) is 82.8 Å². The first kappa shape index (κ1) is 23.4. The number of carbonyl (C=O) groups is 1. The van der Waals surface area contributed by atoms with Crippen LogP contribution in [-0.4, -0.2) is 30.4 Å². The SMILES string of the molecule is Cc1ccc(C(CNC(=O)c2oc3c(C)c(C)ccc3c2C)N2CCC(C)CC2)o1.Cl. The lowest BCUT2D eigenvalue weighted by atomic mass is 9.97. The summed E-state index contributed by atoms with van der Waals surface area (Å²) in [5, 5.41) is 4.12. The lowest BCUT2D eigenvalue weighted by Crippen LogP contribution is -2.41. The number of amides is 1. The molecule has 168 valence electrons. The molecule has 1 aliphatic rings. The second-order valence-electron chi connectivity index (χ2n) is 8.83. The van der Waals surface area contributed by atoms with Gasteiger partial charge in [0, 0.05) is 17.5 Å². The van der Waals surface area contributed by atoms with Gasteiger partial charge in [-0.1, -0.05) is 19.1 Å². The topological polar surface area (TPSA) is 58.6 Å². The average molecular weight is 445 g/mol. The summed E-state index contributed by atoms with van der Waals surface area (Å²) in [4.78, 5) is 15.5. The van der Waals surface area contributed by atoms with Gasteiger partial charge in [-0.3, -0.25) is 9.69 Å². The van der Waals surface area contributed by atoms with Gasteiger partial charge in [0.1, 0.15) is 17.1 Å². The Bertz CT molecular complexity index is 1060. The third-order valence-corrected chi connectivity index (χ3v) is 6.64. The van der Waals surface area contributed by atoms with Crippen LogP contribution in [0.15, 0.2) is 33.1 Å². The molecule has 3 heterocycles. The fraction of sp³-hybridized carbons (Fsp3) is 0.480. The fourth-order valence-electron chi connectivity index (χ4n) is 4.39. The van der Waals surface area contributed by atoms with Crippen LogP contribution >= 0.6 is 12.4 Å². The maximum Gasteiger partial charge on any atom is 0.287 e. The third-order valence-electron chi connectivity index (χ3n) is 6.64. The van der Waals surface area contributed by atoms with E-state index in [0.717, 1.165) is 58.2 Å². The van der Waals surface area contributed by atoms with Crippen LogP contribution in [0.4, 0.5) is 0 Å². The van der Waals surface area contributed by atoms with Crippen LogP contribution in [0.5, 0.6) is 0 Å². The largest absolute Gasteiger partial charge is 0.465 e. The predicted molar refractivity (Wildman–Crippen MR) is 126 cm³/mol. The Balaban J connectivity index is 0.00000272. The fourth-order valence-corrected chi connectivity index (χ4v) is 4.39. The second kappa shape index (κ2) is 9.49. The number of nitrogens with zero attached hydrogens (tertiary/aromatic N) is 1. The number of carbonyl (C=O) groups excluding carboxylic acids is 1. The molecule has 0 bridgehead atoms. The van der Waals surface area contributed by atoms with E-state index in [1.54, 1.807) is 0 Å². The van der Waals surface area contributed by atoms with E-state index in [4.69, 9.17) is 8.83 Å². The minimum Gasteiger partial charge on any atom is -0.465 e. The molecule has 2 aromatic heterocycles. The zero-order valence-corrected chi connectivity index (χ0v) is 19.9. The zero-order valence-electron chi connectivity index (χ0n) is 19.1. The quantitative estimate of drug-likeness (QED) is 0.533. The van der Waals surface area contributed by atoms with Crippen molar-refractivity contribution in [2.45, 2.75) is 53.5 Å². The highest BCUT2D eigenvalue weighted by Gasteiger charge is 2.28. The summed E-state index contributed by atoms with van der Waals surface area (Å²) in [6.45, 7) is 12.8. The molecule has 31 heavy (non-hydrogen) atoms. The normalized spacial score (nSPS) is 16.3.